The van der Waals surface area contributed by atoms with E-state index in [1.807, 2.05) is 91.0 Å². The van der Waals surface area contributed by atoms with Crippen molar-refractivity contribution in [3.63, 3.8) is 0 Å². The van der Waals surface area contributed by atoms with Crippen molar-refractivity contribution in [2.45, 2.75) is 5.92 Å². The Hall–Kier alpha value is -6.26. The highest BCUT2D eigenvalue weighted by Crippen LogP contribution is 2.52. The van der Waals surface area contributed by atoms with Gasteiger partial charge in [-0.15, -0.1) is 0 Å². The van der Waals surface area contributed by atoms with E-state index >= 15 is 8.78 Å². The SMILES string of the molecule is FC1(F)c2ccccc2-c2ccc(-c3ccc(-c4nc(-c5ccccc5)cc(-c5ccc(-c6ccccc6)cc5)n4)c4ccccc34)cc21. The summed E-state index contributed by atoms with van der Waals surface area (Å²) in [5, 5.41) is 1.90. The van der Waals surface area contributed by atoms with Crippen molar-refractivity contribution in [1.29, 1.82) is 0 Å². The van der Waals surface area contributed by atoms with E-state index in [1.165, 1.54) is 6.07 Å². The topological polar surface area (TPSA) is 25.8 Å². The van der Waals surface area contributed by atoms with E-state index in [0.717, 1.165) is 61.1 Å². The molecule has 2 nitrogen and oxygen atoms in total. The van der Waals surface area contributed by atoms with Gasteiger partial charge in [-0.05, 0) is 62.4 Å². The molecule has 9 rings (SSSR count). The van der Waals surface area contributed by atoms with Gasteiger partial charge < -0.3 is 0 Å². The van der Waals surface area contributed by atoms with Gasteiger partial charge in [0.15, 0.2) is 5.82 Å². The van der Waals surface area contributed by atoms with Crippen LogP contribution in [0.3, 0.4) is 0 Å². The molecule has 4 heteroatoms. The summed E-state index contributed by atoms with van der Waals surface area (Å²) in [5.41, 5.74) is 9.69. The summed E-state index contributed by atoms with van der Waals surface area (Å²) in [4.78, 5) is 10.2. The van der Waals surface area contributed by atoms with Crippen LogP contribution in [0.1, 0.15) is 11.1 Å². The minimum absolute atomic E-state index is 0.0428. The second-order valence-corrected chi connectivity index (χ2v) is 12.4. The first-order valence-electron chi connectivity index (χ1n) is 16.3. The van der Waals surface area contributed by atoms with E-state index in [-0.39, 0.29) is 11.1 Å². The molecule has 7 aromatic carbocycles. The van der Waals surface area contributed by atoms with Crippen molar-refractivity contribution in [3.8, 4) is 67.3 Å². The maximum absolute atomic E-state index is 15.7. The number of fused-ring (bicyclic) bond motifs is 4. The summed E-state index contributed by atoms with van der Waals surface area (Å²) < 4.78 is 31.3. The normalized spacial score (nSPS) is 12.9. The molecule has 0 amide bonds. The zero-order valence-corrected chi connectivity index (χ0v) is 26.3. The van der Waals surface area contributed by atoms with E-state index in [0.29, 0.717) is 17.0 Å². The number of benzene rings is 7. The molecule has 1 aliphatic carbocycles. The maximum atomic E-state index is 15.7. The fourth-order valence-electron chi connectivity index (χ4n) is 7.03. The predicted octanol–water partition coefficient (Wildman–Crippen LogP) is 12.1. The number of rotatable bonds is 5. The van der Waals surface area contributed by atoms with Gasteiger partial charge in [-0.25, -0.2) is 9.97 Å². The van der Waals surface area contributed by atoms with Crippen molar-refractivity contribution in [3.05, 3.63) is 181 Å². The van der Waals surface area contributed by atoms with E-state index in [4.69, 9.17) is 9.97 Å². The summed E-state index contributed by atoms with van der Waals surface area (Å²) in [6.07, 6.45) is 0. The molecule has 1 aliphatic rings. The Morgan fingerprint density at radius 2 is 0.816 bits per heavy atom. The fraction of sp³-hybridized carbons (Fsp3) is 0.0222. The van der Waals surface area contributed by atoms with Gasteiger partial charge in [-0.1, -0.05) is 152 Å². The lowest BCUT2D eigenvalue weighted by Gasteiger charge is -2.16. The number of halogens is 2. The lowest BCUT2D eigenvalue weighted by molar-refractivity contribution is 0.0480. The average molecular weight is 635 g/mol. The van der Waals surface area contributed by atoms with Gasteiger partial charge in [0.1, 0.15) is 0 Å². The van der Waals surface area contributed by atoms with Crippen LogP contribution in [0.4, 0.5) is 8.78 Å². The molecule has 49 heavy (non-hydrogen) atoms. The third-order valence-electron chi connectivity index (χ3n) is 9.47. The fourth-order valence-corrected chi connectivity index (χ4v) is 7.03. The molecule has 1 heterocycles. The molecule has 0 aliphatic heterocycles. The smallest absolute Gasteiger partial charge is 0.228 e. The number of aromatic nitrogens is 2. The van der Waals surface area contributed by atoms with Crippen molar-refractivity contribution in [1.82, 2.24) is 9.97 Å². The van der Waals surface area contributed by atoms with Crippen molar-refractivity contribution >= 4 is 10.8 Å². The van der Waals surface area contributed by atoms with E-state index in [2.05, 4.69) is 54.6 Å². The zero-order chi connectivity index (χ0) is 33.0. The molecular weight excluding hydrogens is 607 g/mol. The van der Waals surface area contributed by atoms with Crippen LogP contribution in [0.2, 0.25) is 0 Å². The Morgan fingerprint density at radius 1 is 0.347 bits per heavy atom. The first-order valence-corrected chi connectivity index (χ1v) is 16.3. The first kappa shape index (κ1) is 28.9. The van der Waals surface area contributed by atoms with Crippen LogP contribution in [0.25, 0.3) is 78.1 Å². The lowest BCUT2D eigenvalue weighted by Crippen LogP contribution is -2.10. The molecule has 232 valence electrons. The van der Waals surface area contributed by atoms with Crippen molar-refractivity contribution in [2.24, 2.45) is 0 Å². The average Bonchev–Trinajstić information content (AvgIpc) is 3.40. The summed E-state index contributed by atoms with van der Waals surface area (Å²) in [5.74, 6) is -2.46. The number of alkyl halides is 2. The molecule has 0 unspecified atom stereocenters. The number of nitrogens with zero attached hydrogens (tertiary/aromatic N) is 2. The van der Waals surface area contributed by atoms with Gasteiger partial charge in [0.25, 0.3) is 5.92 Å². The second kappa shape index (κ2) is 11.5. The molecular formula is C45H28F2N2. The Balaban J connectivity index is 1.18. The highest BCUT2D eigenvalue weighted by molar-refractivity contribution is 6.04. The molecule has 0 bridgehead atoms. The molecule has 0 N–H and O–H groups in total. The summed E-state index contributed by atoms with van der Waals surface area (Å²) >= 11 is 0. The van der Waals surface area contributed by atoms with Crippen molar-refractivity contribution in [2.75, 3.05) is 0 Å². The van der Waals surface area contributed by atoms with Gasteiger partial charge in [0, 0.05) is 27.8 Å². The monoisotopic (exact) mass is 634 g/mol. The van der Waals surface area contributed by atoms with E-state index in [1.54, 1.807) is 18.2 Å². The molecule has 0 saturated heterocycles. The van der Waals surface area contributed by atoms with Crippen LogP contribution in [0.5, 0.6) is 0 Å². The molecule has 1 aromatic heterocycles. The van der Waals surface area contributed by atoms with Crippen LogP contribution in [0.15, 0.2) is 170 Å². The minimum Gasteiger partial charge on any atom is -0.228 e. The van der Waals surface area contributed by atoms with Crippen LogP contribution >= 0.6 is 0 Å². The largest absolute Gasteiger partial charge is 0.299 e. The van der Waals surface area contributed by atoms with E-state index in [9.17, 15) is 0 Å². The Kier molecular flexibility index (Phi) is 6.77. The molecule has 0 atom stereocenters. The Bertz CT molecular complexity index is 2510. The Labute approximate surface area is 283 Å². The van der Waals surface area contributed by atoms with Gasteiger partial charge in [0.2, 0.25) is 0 Å². The molecule has 0 fully saturated rings. The van der Waals surface area contributed by atoms with Crippen LogP contribution in [-0.2, 0) is 5.92 Å². The van der Waals surface area contributed by atoms with Crippen LogP contribution < -0.4 is 0 Å². The maximum Gasteiger partial charge on any atom is 0.299 e. The standard InChI is InChI=1S/C45H28F2N2/c46-45(47)40-18-10-9-17-37(40)38-24-23-33(27-41(38)45)34-25-26-39(36-16-8-7-15-35(34)36)44-48-42(31-13-5-2-6-14-31)28-43(49-44)32-21-19-30(20-22-32)29-11-3-1-4-12-29/h1-28H. The summed E-state index contributed by atoms with van der Waals surface area (Å²) in [6, 6.07) is 55.2. The molecule has 0 spiro atoms. The van der Waals surface area contributed by atoms with Gasteiger partial charge >= 0.3 is 0 Å². The van der Waals surface area contributed by atoms with Gasteiger partial charge in [-0.2, -0.15) is 8.78 Å². The highest BCUT2D eigenvalue weighted by atomic mass is 19.3. The quantitative estimate of drug-likeness (QED) is 0.188. The number of hydrogen-bond acceptors (Lipinski definition) is 2. The minimum atomic E-state index is -3.06. The molecule has 0 radical (unpaired) electrons. The summed E-state index contributed by atoms with van der Waals surface area (Å²) in [7, 11) is 0. The number of hydrogen-bond donors (Lipinski definition) is 0. The molecule has 8 aromatic rings. The van der Waals surface area contributed by atoms with Gasteiger partial charge in [0.05, 0.1) is 11.4 Å². The third kappa shape index (κ3) is 4.92. The predicted molar refractivity (Wildman–Crippen MR) is 195 cm³/mol. The van der Waals surface area contributed by atoms with Crippen LogP contribution in [0, 0.1) is 0 Å². The second-order valence-electron chi connectivity index (χ2n) is 12.4. The zero-order valence-electron chi connectivity index (χ0n) is 26.3. The third-order valence-corrected chi connectivity index (χ3v) is 9.47. The van der Waals surface area contributed by atoms with Crippen molar-refractivity contribution < 1.29 is 8.78 Å². The lowest BCUT2D eigenvalue weighted by atomic mass is 9.92. The first-order chi connectivity index (χ1) is 24.0. The molecule has 0 saturated carbocycles. The van der Waals surface area contributed by atoms with E-state index < -0.39 is 5.92 Å². The highest BCUT2D eigenvalue weighted by Gasteiger charge is 2.44. The Morgan fingerprint density at radius 3 is 1.53 bits per heavy atom. The van der Waals surface area contributed by atoms with Gasteiger partial charge in [-0.3, -0.25) is 0 Å². The van der Waals surface area contributed by atoms with Crippen LogP contribution in [-0.4, -0.2) is 9.97 Å². The summed E-state index contributed by atoms with van der Waals surface area (Å²) in [6.45, 7) is 0.